The second-order valence-corrected chi connectivity index (χ2v) is 6.40. The Bertz CT molecular complexity index is 327. The van der Waals surface area contributed by atoms with Gasteiger partial charge in [0.05, 0.1) is 11.7 Å². The lowest BCUT2D eigenvalue weighted by Gasteiger charge is -2.30. The highest BCUT2D eigenvalue weighted by atomic mass is 16.6. The molecule has 6 nitrogen and oxygen atoms in total. The van der Waals surface area contributed by atoms with Gasteiger partial charge in [0.25, 0.3) is 0 Å². The van der Waals surface area contributed by atoms with Gasteiger partial charge in [-0.1, -0.05) is 0 Å². The number of amides is 1. The average Bonchev–Trinajstić information content (AvgIpc) is 2.07. The number of hydrogen-bond acceptors (Lipinski definition) is 4. The minimum atomic E-state index is -1.16. The van der Waals surface area contributed by atoms with E-state index in [1.165, 1.54) is 0 Å². The summed E-state index contributed by atoms with van der Waals surface area (Å²) in [6.07, 6.45) is -1.45. The molecule has 0 aliphatic carbocycles. The average molecular weight is 275 g/mol. The van der Waals surface area contributed by atoms with Crippen LogP contribution in [0.15, 0.2) is 0 Å². The molecule has 0 fully saturated rings. The molecule has 0 aromatic carbocycles. The first-order chi connectivity index (χ1) is 8.32. The monoisotopic (exact) mass is 275 g/mol. The SMILES string of the molecule is CC(OC(C)(C)C)C(NC(=O)OC(C)(C)C)C(=O)O. The minimum Gasteiger partial charge on any atom is -0.480 e. The number of nitrogens with one attached hydrogen (secondary N) is 1. The van der Waals surface area contributed by atoms with E-state index in [-0.39, 0.29) is 0 Å². The predicted molar refractivity (Wildman–Crippen MR) is 71.1 cm³/mol. The standard InChI is InChI=1S/C13H25NO5/c1-8(18-12(2,3)4)9(10(15)16)14-11(17)19-13(5,6)7/h8-9H,1-7H3,(H,14,17)(H,15,16). The van der Waals surface area contributed by atoms with Crippen molar-refractivity contribution in [2.24, 2.45) is 0 Å². The molecule has 0 saturated heterocycles. The van der Waals surface area contributed by atoms with Gasteiger partial charge in [-0.2, -0.15) is 0 Å². The minimum absolute atomic E-state index is 0.497. The highest BCUT2D eigenvalue weighted by Crippen LogP contribution is 2.14. The molecule has 0 spiro atoms. The van der Waals surface area contributed by atoms with Crippen LogP contribution < -0.4 is 5.32 Å². The van der Waals surface area contributed by atoms with Crippen LogP contribution in [0.3, 0.4) is 0 Å². The number of carboxylic acid groups (broad SMARTS) is 1. The Hall–Kier alpha value is -1.30. The zero-order valence-corrected chi connectivity index (χ0v) is 12.7. The van der Waals surface area contributed by atoms with Gasteiger partial charge in [0.15, 0.2) is 6.04 Å². The van der Waals surface area contributed by atoms with Crippen molar-refractivity contribution in [3.8, 4) is 0 Å². The quantitative estimate of drug-likeness (QED) is 0.821. The van der Waals surface area contributed by atoms with Crippen molar-refractivity contribution in [3.63, 3.8) is 0 Å². The summed E-state index contributed by atoms with van der Waals surface area (Å²) >= 11 is 0. The molecule has 112 valence electrons. The first kappa shape index (κ1) is 17.7. The van der Waals surface area contributed by atoms with Gasteiger partial charge >= 0.3 is 12.1 Å². The molecule has 0 aliphatic rings. The van der Waals surface area contributed by atoms with E-state index >= 15 is 0 Å². The number of carbonyl (C=O) groups is 2. The van der Waals surface area contributed by atoms with Crippen LogP contribution in [0.4, 0.5) is 4.79 Å². The van der Waals surface area contributed by atoms with Crippen molar-refractivity contribution in [2.75, 3.05) is 0 Å². The number of carboxylic acids is 1. The Morgan fingerprint density at radius 1 is 1.05 bits per heavy atom. The molecule has 0 radical (unpaired) electrons. The topological polar surface area (TPSA) is 84.9 Å². The Labute approximate surface area is 114 Å². The summed E-state index contributed by atoms with van der Waals surface area (Å²) in [6, 6.07) is -1.16. The lowest BCUT2D eigenvalue weighted by molar-refractivity contribution is -0.147. The number of aliphatic carboxylic acids is 1. The summed E-state index contributed by atoms with van der Waals surface area (Å²) in [4.78, 5) is 22.8. The number of hydrogen-bond donors (Lipinski definition) is 2. The second-order valence-electron chi connectivity index (χ2n) is 6.40. The molecule has 2 atom stereocenters. The van der Waals surface area contributed by atoms with E-state index in [4.69, 9.17) is 14.6 Å². The molecule has 0 heterocycles. The molecule has 6 heteroatoms. The van der Waals surface area contributed by atoms with E-state index in [2.05, 4.69) is 5.32 Å². The first-order valence-electron chi connectivity index (χ1n) is 6.22. The largest absolute Gasteiger partial charge is 0.480 e. The number of alkyl carbamates (subject to hydrolysis) is 1. The van der Waals surface area contributed by atoms with Crippen LogP contribution in [-0.2, 0) is 14.3 Å². The van der Waals surface area contributed by atoms with Crippen molar-refractivity contribution >= 4 is 12.1 Å². The zero-order chi connectivity index (χ0) is 15.4. The van der Waals surface area contributed by atoms with Crippen LogP contribution in [0.2, 0.25) is 0 Å². The Kier molecular flexibility index (Phi) is 5.81. The van der Waals surface area contributed by atoms with Crippen molar-refractivity contribution in [1.82, 2.24) is 5.32 Å². The van der Waals surface area contributed by atoms with Crippen LogP contribution in [0.1, 0.15) is 48.5 Å². The van der Waals surface area contributed by atoms with Gasteiger partial charge in [-0.15, -0.1) is 0 Å². The Morgan fingerprint density at radius 3 is 1.84 bits per heavy atom. The summed E-state index contributed by atoms with van der Waals surface area (Å²) in [5, 5.41) is 11.4. The molecular weight excluding hydrogens is 250 g/mol. The van der Waals surface area contributed by atoms with Gasteiger partial charge in [0.2, 0.25) is 0 Å². The molecule has 0 aromatic rings. The van der Waals surface area contributed by atoms with Gasteiger partial charge in [-0.25, -0.2) is 9.59 Å². The third-order valence-corrected chi connectivity index (χ3v) is 1.95. The van der Waals surface area contributed by atoms with Crippen LogP contribution in [0.25, 0.3) is 0 Å². The Balaban J connectivity index is 4.67. The number of rotatable bonds is 4. The van der Waals surface area contributed by atoms with Crippen LogP contribution in [-0.4, -0.2) is 40.5 Å². The van der Waals surface area contributed by atoms with Gasteiger partial charge in [-0.05, 0) is 48.5 Å². The molecule has 0 bridgehead atoms. The first-order valence-corrected chi connectivity index (χ1v) is 6.22. The van der Waals surface area contributed by atoms with Crippen molar-refractivity contribution < 1.29 is 24.2 Å². The van der Waals surface area contributed by atoms with E-state index in [1.807, 2.05) is 20.8 Å². The maximum absolute atomic E-state index is 11.6. The van der Waals surface area contributed by atoms with E-state index in [0.717, 1.165) is 0 Å². The summed E-state index contributed by atoms with van der Waals surface area (Å²) in [5.41, 5.74) is -1.18. The summed E-state index contributed by atoms with van der Waals surface area (Å²) in [6.45, 7) is 12.2. The van der Waals surface area contributed by atoms with Gasteiger partial charge in [-0.3, -0.25) is 0 Å². The van der Waals surface area contributed by atoms with Gasteiger partial charge < -0.3 is 19.9 Å². The molecular formula is C13H25NO5. The van der Waals surface area contributed by atoms with Crippen LogP contribution in [0, 0.1) is 0 Å². The van der Waals surface area contributed by atoms with E-state index in [9.17, 15) is 9.59 Å². The van der Waals surface area contributed by atoms with Crippen molar-refractivity contribution in [1.29, 1.82) is 0 Å². The molecule has 0 aromatic heterocycles. The third-order valence-electron chi connectivity index (χ3n) is 1.95. The maximum atomic E-state index is 11.6. The lowest BCUT2D eigenvalue weighted by atomic mass is 10.1. The molecule has 0 saturated carbocycles. The fourth-order valence-corrected chi connectivity index (χ4v) is 1.44. The number of carbonyl (C=O) groups excluding carboxylic acids is 1. The number of ether oxygens (including phenoxy) is 2. The van der Waals surface area contributed by atoms with Crippen LogP contribution >= 0.6 is 0 Å². The normalized spacial score (nSPS) is 15.5. The fourth-order valence-electron chi connectivity index (χ4n) is 1.44. The smallest absolute Gasteiger partial charge is 0.408 e. The van der Waals surface area contributed by atoms with E-state index in [0.29, 0.717) is 0 Å². The second kappa shape index (κ2) is 6.23. The molecule has 2 N–H and O–H groups in total. The summed E-state index contributed by atoms with van der Waals surface area (Å²) in [5.74, 6) is -1.16. The molecule has 0 rings (SSSR count). The molecule has 0 aliphatic heterocycles. The Morgan fingerprint density at radius 2 is 1.53 bits per heavy atom. The zero-order valence-electron chi connectivity index (χ0n) is 12.7. The predicted octanol–water partition coefficient (Wildman–Crippen LogP) is 2.17. The fraction of sp³-hybridized carbons (Fsp3) is 0.846. The highest BCUT2D eigenvalue weighted by Gasteiger charge is 2.31. The van der Waals surface area contributed by atoms with Crippen molar-refractivity contribution in [3.05, 3.63) is 0 Å². The maximum Gasteiger partial charge on any atom is 0.408 e. The summed E-state index contributed by atoms with van der Waals surface area (Å²) < 4.78 is 10.6. The molecule has 1 amide bonds. The van der Waals surface area contributed by atoms with E-state index < -0.39 is 35.4 Å². The lowest BCUT2D eigenvalue weighted by Crippen LogP contribution is -2.51. The van der Waals surface area contributed by atoms with Crippen molar-refractivity contribution in [2.45, 2.75) is 71.8 Å². The molecule has 19 heavy (non-hydrogen) atoms. The summed E-state index contributed by atoms with van der Waals surface area (Å²) in [7, 11) is 0. The highest BCUT2D eigenvalue weighted by molar-refractivity contribution is 5.80. The van der Waals surface area contributed by atoms with Gasteiger partial charge in [0.1, 0.15) is 5.60 Å². The third kappa shape index (κ3) is 8.42. The van der Waals surface area contributed by atoms with Crippen LogP contribution in [0.5, 0.6) is 0 Å². The van der Waals surface area contributed by atoms with Gasteiger partial charge in [0, 0.05) is 0 Å². The molecule has 2 unspecified atom stereocenters. The van der Waals surface area contributed by atoms with E-state index in [1.54, 1.807) is 27.7 Å².